The van der Waals surface area contributed by atoms with Crippen LogP contribution in [0.15, 0.2) is 47.3 Å². The summed E-state index contributed by atoms with van der Waals surface area (Å²) >= 11 is 0. The predicted molar refractivity (Wildman–Crippen MR) is 115 cm³/mol. The monoisotopic (exact) mass is 440 g/mol. The second-order valence-electron chi connectivity index (χ2n) is 6.61. The second kappa shape index (κ2) is 9.13. The molecule has 0 saturated heterocycles. The fourth-order valence-electron chi connectivity index (χ4n) is 3.16. The van der Waals surface area contributed by atoms with Crippen LogP contribution in [0.4, 0.5) is 5.82 Å². The number of carbonyl (C=O) groups is 2. The van der Waals surface area contributed by atoms with E-state index in [9.17, 15) is 24.6 Å². The smallest absolute Gasteiger partial charge is 0.342 e. The molecule has 0 aliphatic heterocycles. The number of carboxylic acid groups (broad SMARTS) is 2. The number of anilines is 1. The Balaban J connectivity index is 2.04. The molecule has 0 saturated carbocycles. The fraction of sp³-hybridized carbons (Fsp3) is 0.136. The van der Waals surface area contributed by atoms with Gasteiger partial charge in [0.1, 0.15) is 29.3 Å². The van der Waals surface area contributed by atoms with Crippen LogP contribution in [0.3, 0.4) is 0 Å². The first-order valence-corrected chi connectivity index (χ1v) is 9.23. The molecule has 32 heavy (non-hydrogen) atoms. The Kier molecular flexibility index (Phi) is 6.34. The normalized spacial score (nSPS) is 10.4. The number of aromatic carboxylic acids is 2. The Hall–Kier alpha value is -4.47. The number of hydrogen-bond donors (Lipinski definition) is 4. The third kappa shape index (κ3) is 4.33. The lowest BCUT2D eigenvalue weighted by molar-refractivity contribution is 0.0695. The zero-order valence-corrected chi connectivity index (χ0v) is 17.2. The van der Waals surface area contributed by atoms with Gasteiger partial charge in [-0.3, -0.25) is 4.79 Å². The number of methoxy groups -OCH3 is 2. The SMILES string of the molecule is COc1ccc(COc2ccc(-c3c(C(=O)O)c(N)[nH]c(=O)c3C(=O)O)cc2OC)cc1. The molecule has 0 spiro atoms. The van der Waals surface area contributed by atoms with Gasteiger partial charge in [-0.1, -0.05) is 18.2 Å². The summed E-state index contributed by atoms with van der Waals surface area (Å²) in [6.45, 7) is 0.207. The largest absolute Gasteiger partial charge is 0.497 e. The summed E-state index contributed by atoms with van der Waals surface area (Å²) in [6, 6.07) is 11.5. The molecule has 0 unspecified atom stereocenters. The lowest BCUT2D eigenvalue weighted by Crippen LogP contribution is -2.24. The molecular formula is C22H20N2O8. The zero-order chi connectivity index (χ0) is 23.4. The average Bonchev–Trinajstić information content (AvgIpc) is 2.76. The predicted octanol–water partition coefficient (Wildman–Crippen LogP) is 2.62. The van der Waals surface area contributed by atoms with E-state index in [1.165, 1.54) is 25.3 Å². The maximum atomic E-state index is 12.2. The number of nitrogen functional groups attached to an aromatic ring is 1. The van der Waals surface area contributed by atoms with Crippen molar-refractivity contribution in [1.82, 2.24) is 4.98 Å². The lowest BCUT2D eigenvalue weighted by atomic mass is 9.95. The Morgan fingerprint density at radius 3 is 2.16 bits per heavy atom. The molecule has 10 heteroatoms. The highest BCUT2D eigenvalue weighted by atomic mass is 16.5. The van der Waals surface area contributed by atoms with Crippen LogP contribution in [-0.4, -0.2) is 41.4 Å². The minimum atomic E-state index is -1.59. The van der Waals surface area contributed by atoms with E-state index in [1.807, 2.05) is 12.1 Å². The number of aromatic nitrogens is 1. The van der Waals surface area contributed by atoms with E-state index in [4.69, 9.17) is 19.9 Å². The number of ether oxygens (including phenoxy) is 3. The molecule has 1 heterocycles. The summed E-state index contributed by atoms with van der Waals surface area (Å²) in [5.74, 6) is -2.30. The highest BCUT2D eigenvalue weighted by molar-refractivity contribution is 6.07. The van der Waals surface area contributed by atoms with E-state index in [1.54, 1.807) is 19.2 Å². The summed E-state index contributed by atoms with van der Waals surface area (Å²) in [5.41, 5.74) is 4.02. The topological polar surface area (TPSA) is 161 Å². The van der Waals surface area contributed by atoms with E-state index in [2.05, 4.69) is 4.98 Å². The summed E-state index contributed by atoms with van der Waals surface area (Å²) in [6.07, 6.45) is 0. The molecule has 3 rings (SSSR count). The van der Waals surface area contributed by atoms with Crippen molar-refractivity contribution in [1.29, 1.82) is 0 Å². The van der Waals surface area contributed by atoms with Gasteiger partial charge in [0, 0.05) is 5.56 Å². The molecule has 1 aromatic heterocycles. The third-order valence-electron chi connectivity index (χ3n) is 4.68. The van der Waals surface area contributed by atoms with Crippen molar-refractivity contribution in [2.45, 2.75) is 6.61 Å². The van der Waals surface area contributed by atoms with E-state index < -0.39 is 34.4 Å². The molecule has 0 atom stereocenters. The molecule has 0 amide bonds. The average molecular weight is 440 g/mol. The molecule has 3 aromatic rings. The van der Waals surface area contributed by atoms with Gasteiger partial charge >= 0.3 is 11.9 Å². The number of pyridine rings is 1. The lowest BCUT2D eigenvalue weighted by Gasteiger charge is -2.15. The molecule has 0 fully saturated rings. The van der Waals surface area contributed by atoms with Crippen LogP contribution in [0.2, 0.25) is 0 Å². The van der Waals surface area contributed by atoms with Crippen LogP contribution in [0.1, 0.15) is 26.3 Å². The van der Waals surface area contributed by atoms with Crippen molar-refractivity contribution in [3.63, 3.8) is 0 Å². The van der Waals surface area contributed by atoms with Gasteiger partial charge in [-0.2, -0.15) is 0 Å². The third-order valence-corrected chi connectivity index (χ3v) is 4.68. The van der Waals surface area contributed by atoms with Crippen molar-refractivity contribution < 1.29 is 34.0 Å². The number of benzene rings is 2. The first kappa shape index (κ1) is 22.2. The molecule has 0 bridgehead atoms. The van der Waals surface area contributed by atoms with Crippen LogP contribution in [0, 0.1) is 0 Å². The van der Waals surface area contributed by atoms with E-state index in [-0.39, 0.29) is 23.5 Å². The Morgan fingerprint density at radius 1 is 0.938 bits per heavy atom. The number of hydrogen-bond acceptors (Lipinski definition) is 7. The molecule has 0 radical (unpaired) electrons. The number of carboxylic acids is 2. The van der Waals surface area contributed by atoms with Crippen molar-refractivity contribution in [3.05, 3.63) is 69.5 Å². The fourth-order valence-corrected chi connectivity index (χ4v) is 3.16. The van der Waals surface area contributed by atoms with Crippen molar-refractivity contribution in [3.8, 4) is 28.4 Å². The molecular weight excluding hydrogens is 420 g/mol. The van der Waals surface area contributed by atoms with Gasteiger partial charge in [0.05, 0.1) is 14.2 Å². The number of aromatic amines is 1. The summed E-state index contributed by atoms with van der Waals surface area (Å²) in [5, 5.41) is 19.1. The standard InChI is InChI=1S/C22H20N2O8/c1-30-13-6-3-11(4-7-13)10-32-14-8-5-12(9-15(14)31-2)16-17(21(26)27)19(23)24-20(25)18(16)22(28)29/h3-9H,10H2,1-2H3,(H,26,27)(H,28,29)(H3,23,24,25). The van der Waals surface area contributed by atoms with Gasteiger partial charge in [-0.25, -0.2) is 9.59 Å². The molecule has 0 aliphatic rings. The summed E-state index contributed by atoms with van der Waals surface area (Å²) < 4.78 is 16.2. The molecule has 5 N–H and O–H groups in total. The Morgan fingerprint density at radius 2 is 1.59 bits per heavy atom. The quantitative estimate of drug-likeness (QED) is 0.412. The van der Waals surface area contributed by atoms with Gasteiger partial charge < -0.3 is 35.1 Å². The number of nitrogens with one attached hydrogen (secondary N) is 1. The minimum absolute atomic E-state index is 0.117. The summed E-state index contributed by atoms with van der Waals surface area (Å²) in [7, 11) is 2.94. The van der Waals surface area contributed by atoms with E-state index >= 15 is 0 Å². The summed E-state index contributed by atoms with van der Waals surface area (Å²) in [4.78, 5) is 37.7. The minimum Gasteiger partial charge on any atom is -0.497 e. The first-order valence-electron chi connectivity index (χ1n) is 9.23. The Bertz CT molecular complexity index is 1230. The van der Waals surface area contributed by atoms with Gasteiger partial charge in [-0.05, 0) is 35.4 Å². The molecule has 0 aliphatic carbocycles. The van der Waals surface area contributed by atoms with Crippen LogP contribution in [0.5, 0.6) is 17.2 Å². The number of H-pyrrole nitrogens is 1. The second-order valence-corrected chi connectivity index (χ2v) is 6.61. The number of rotatable bonds is 8. The van der Waals surface area contributed by atoms with Gasteiger partial charge in [0.15, 0.2) is 11.5 Å². The molecule has 166 valence electrons. The van der Waals surface area contributed by atoms with Crippen molar-refractivity contribution in [2.24, 2.45) is 0 Å². The van der Waals surface area contributed by atoms with Crippen LogP contribution >= 0.6 is 0 Å². The van der Waals surface area contributed by atoms with E-state index in [0.29, 0.717) is 11.5 Å². The van der Waals surface area contributed by atoms with Crippen LogP contribution in [-0.2, 0) is 6.61 Å². The van der Waals surface area contributed by atoms with Gasteiger partial charge in [0.2, 0.25) is 0 Å². The van der Waals surface area contributed by atoms with Gasteiger partial charge in [0.25, 0.3) is 5.56 Å². The zero-order valence-electron chi connectivity index (χ0n) is 17.2. The van der Waals surface area contributed by atoms with Crippen LogP contribution in [0.25, 0.3) is 11.1 Å². The number of nitrogens with two attached hydrogens (primary N) is 1. The van der Waals surface area contributed by atoms with Crippen LogP contribution < -0.4 is 25.5 Å². The molecule has 2 aromatic carbocycles. The van der Waals surface area contributed by atoms with Crippen molar-refractivity contribution in [2.75, 3.05) is 20.0 Å². The molecule has 10 nitrogen and oxygen atoms in total. The maximum absolute atomic E-state index is 12.2. The Labute approximate surface area is 181 Å². The van der Waals surface area contributed by atoms with Crippen molar-refractivity contribution >= 4 is 17.8 Å². The maximum Gasteiger partial charge on any atom is 0.342 e. The van der Waals surface area contributed by atoms with E-state index in [0.717, 1.165) is 5.56 Å². The highest BCUT2D eigenvalue weighted by Crippen LogP contribution is 2.36. The first-order chi connectivity index (χ1) is 15.3. The van der Waals surface area contributed by atoms with Gasteiger partial charge in [-0.15, -0.1) is 0 Å². The highest BCUT2D eigenvalue weighted by Gasteiger charge is 2.27.